The van der Waals surface area contributed by atoms with E-state index >= 15 is 0 Å². The van der Waals surface area contributed by atoms with Crippen LogP contribution in [0.15, 0.2) is 16.7 Å². The molecule has 2 fully saturated rings. The highest BCUT2D eigenvalue weighted by molar-refractivity contribution is 5.92. The van der Waals surface area contributed by atoms with Crippen molar-refractivity contribution in [3.63, 3.8) is 0 Å². The number of carbonyl (C=O) groups is 1. The van der Waals surface area contributed by atoms with Gasteiger partial charge in [-0.1, -0.05) is 5.16 Å². The number of amides is 1. The number of piperazine rings is 1. The van der Waals surface area contributed by atoms with Crippen LogP contribution in [0, 0.1) is 6.92 Å². The summed E-state index contributed by atoms with van der Waals surface area (Å²) in [6, 6.07) is 3.88. The number of rotatable bonds is 4. The first-order chi connectivity index (χ1) is 11.2. The number of H-pyrrole nitrogens is 1. The minimum atomic E-state index is 0.0325. The van der Waals surface area contributed by atoms with E-state index in [1.54, 1.807) is 0 Å². The van der Waals surface area contributed by atoms with Crippen molar-refractivity contribution in [3.05, 3.63) is 35.0 Å². The molecule has 2 aromatic heterocycles. The van der Waals surface area contributed by atoms with Crippen molar-refractivity contribution in [2.24, 2.45) is 0 Å². The summed E-state index contributed by atoms with van der Waals surface area (Å²) in [5.74, 6) is 1.45. The number of hydrogen-bond acceptors (Lipinski definition) is 5. The molecule has 0 spiro atoms. The van der Waals surface area contributed by atoms with Crippen molar-refractivity contribution in [1.82, 2.24) is 25.2 Å². The summed E-state index contributed by atoms with van der Waals surface area (Å²) >= 11 is 0. The molecule has 1 N–H and O–H groups in total. The molecule has 2 aliphatic rings. The van der Waals surface area contributed by atoms with E-state index < -0.39 is 0 Å². The Morgan fingerprint density at radius 2 is 2.09 bits per heavy atom. The van der Waals surface area contributed by atoms with Crippen molar-refractivity contribution >= 4 is 5.91 Å². The number of hydrogen-bond donors (Lipinski definition) is 1. The van der Waals surface area contributed by atoms with E-state index in [4.69, 9.17) is 4.52 Å². The summed E-state index contributed by atoms with van der Waals surface area (Å²) in [7, 11) is 0. The molecule has 23 heavy (non-hydrogen) atoms. The highest BCUT2D eigenvalue weighted by atomic mass is 16.5. The van der Waals surface area contributed by atoms with Gasteiger partial charge in [0.25, 0.3) is 5.91 Å². The third-order valence-corrected chi connectivity index (χ3v) is 4.56. The van der Waals surface area contributed by atoms with Gasteiger partial charge in [-0.25, -0.2) is 0 Å². The second-order valence-corrected chi connectivity index (χ2v) is 6.48. The second-order valence-electron chi connectivity index (χ2n) is 6.48. The molecule has 1 amide bonds. The molecule has 122 valence electrons. The summed E-state index contributed by atoms with van der Waals surface area (Å²) in [5.41, 5.74) is 2.60. The van der Waals surface area contributed by atoms with E-state index in [0.29, 0.717) is 11.6 Å². The largest absolute Gasteiger partial charge is 0.361 e. The first-order valence-corrected chi connectivity index (χ1v) is 8.18. The topological polar surface area (TPSA) is 78.3 Å². The molecule has 1 aliphatic heterocycles. The summed E-state index contributed by atoms with van der Waals surface area (Å²) in [4.78, 5) is 16.7. The quantitative estimate of drug-likeness (QED) is 0.926. The maximum absolute atomic E-state index is 12.5. The minimum Gasteiger partial charge on any atom is -0.361 e. The minimum absolute atomic E-state index is 0.0325. The van der Waals surface area contributed by atoms with E-state index in [0.717, 1.165) is 49.9 Å². The van der Waals surface area contributed by atoms with Crippen LogP contribution in [-0.4, -0.2) is 57.2 Å². The van der Waals surface area contributed by atoms with Crippen molar-refractivity contribution in [2.75, 3.05) is 26.2 Å². The van der Waals surface area contributed by atoms with Gasteiger partial charge in [0, 0.05) is 50.4 Å². The standard InChI is InChI=1S/C16H21N5O2/c1-11-8-13(19-23-11)10-20-4-6-21(7-5-20)16(22)15-9-14(17-18-15)12-2-3-12/h8-9,12H,2-7,10H2,1H3,(H,17,18). The van der Waals surface area contributed by atoms with Crippen molar-refractivity contribution in [2.45, 2.75) is 32.2 Å². The van der Waals surface area contributed by atoms with Crippen LogP contribution in [0.4, 0.5) is 0 Å². The van der Waals surface area contributed by atoms with Crippen LogP contribution in [-0.2, 0) is 6.54 Å². The summed E-state index contributed by atoms with van der Waals surface area (Å²) in [6.45, 7) is 5.80. The maximum Gasteiger partial charge on any atom is 0.274 e. The first-order valence-electron chi connectivity index (χ1n) is 8.18. The molecular weight excluding hydrogens is 294 g/mol. The predicted molar refractivity (Wildman–Crippen MR) is 83.0 cm³/mol. The maximum atomic E-state index is 12.5. The predicted octanol–water partition coefficient (Wildman–Crippen LogP) is 1.54. The molecule has 3 heterocycles. The average Bonchev–Trinajstić information content (AvgIpc) is 3.15. The lowest BCUT2D eigenvalue weighted by molar-refractivity contribution is 0.0620. The number of nitrogens with one attached hydrogen (secondary N) is 1. The van der Waals surface area contributed by atoms with Crippen LogP contribution >= 0.6 is 0 Å². The molecule has 1 saturated heterocycles. The van der Waals surface area contributed by atoms with Gasteiger partial charge in [0.1, 0.15) is 11.5 Å². The molecule has 4 rings (SSSR count). The highest BCUT2D eigenvalue weighted by Gasteiger charge is 2.28. The van der Waals surface area contributed by atoms with Crippen molar-refractivity contribution in [1.29, 1.82) is 0 Å². The normalized spacial score (nSPS) is 19.3. The number of nitrogens with zero attached hydrogens (tertiary/aromatic N) is 4. The van der Waals surface area contributed by atoms with Crippen LogP contribution in [0.2, 0.25) is 0 Å². The highest BCUT2D eigenvalue weighted by Crippen LogP contribution is 2.39. The first kappa shape index (κ1) is 14.4. The van der Waals surface area contributed by atoms with Crippen molar-refractivity contribution in [3.8, 4) is 0 Å². The Hall–Kier alpha value is -2.15. The Morgan fingerprint density at radius 1 is 1.30 bits per heavy atom. The second kappa shape index (κ2) is 5.81. The Kier molecular flexibility index (Phi) is 3.65. The average molecular weight is 315 g/mol. The van der Waals surface area contributed by atoms with Gasteiger partial charge in [0.15, 0.2) is 0 Å². The third kappa shape index (κ3) is 3.14. The Bertz CT molecular complexity index is 695. The van der Waals surface area contributed by atoms with Gasteiger partial charge in [0.05, 0.1) is 5.69 Å². The zero-order chi connectivity index (χ0) is 15.8. The fraction of sp³-hybridized carbons (Fsp3) is 0.562. The third-order valence-electron chi connectivity index (χ3n) is 4.56. The van der Waals surface area contributed by atoms with Gasteiger partial charge >= 0.3 is 0 Å². The number of carbonyl (C=O) groups excluding carboxylic acids is 1. The lowest BCUT2D eigenvalue weighted by atomic mass is 10.2. The van der Waals surface area contributed by atoms with Crippen LogP contribution in [0.3, 0.4) is 0 Å². The van der Waals surface area contributed by atoms with Gasteiger partial charge in [-0.2, -0.15) is 5.10 Å². The summed E-state index contributed by atoms with van der Waals surface area (Å²) in [6.07, 6.45) is 2.41. The summed E-state index contributed by atoms with van der Waals surface area (Å²) < 4.78 is 5.10. The van der Waals surface area contributed by atoms with Gasteiger partial charge < -0.3 is 9.42 Å². The summed E-state index contributed by atoms with van der Waals surface area (Å²) in [5, 5.41) is 11.2. The van der Waals surface area contributed by atoms with E-state index in [9.17, 15) is 4.79 Å². The molecule has 0 bridgehead atoms. The SMILES string of the molecule is Cc1cc(CN2CCN(C(=O)c3cc(C4CC4)[nH]n3)CC2)no1. The van der Waals surface area contributed by atoms with Gasteiger partial charge in [-0.15, -0.1) is 0 Å². The fourth-order valence-corrected chi connectivity index (χ4v) is 3.04. The molecule has 1 aliphatic carbocycles. The molecule has 7 heteroatoms. The van der Waals surface area contributed by atoms with E-state index in [1.807, 2.05) is 24.0 Å². The Morgan fingerprint density at radius 3 is 2.74 bits per heavy atom. The molecular formula is C16H21N5O2. The fourth-order valence-electron chi connectivity index (χ4n) is 3.04. The van der Waals surface area contributed by atoms with E-state index in [-0.39, 0.29) is 5.91 Å². The van der Waals surface area contributed by atoms with Crippen LogP contribution in [0.1, 0.15) is 46.4 Å². The van der Waals surface area contributed by atoms with E-state index in [2.05, 4.69) is 20.3 Å². The van der Waals surface area contributed by atoms with Crippen LogP contribution < -0.4 is 0 Å². The Labute approximate surface area is 134 Å². The molecule has 1 saturated carbocycles. The van der Waals surface area contributed by atoms with Crippen molar-refractivity contribution < 1.29 is 9.32 Å². The smallest absolute Gasteiger partial charge is 0.274 e. The number of aromatic nitrogens is 3. The molecule has 2 aromatic rings. The molecule has 0 unspecified atom stereocenters. The number of aromatic amines is 1. The van der Waals surface area contributed by atoms with Crippen LogP contribution in [0.25, 0.3) is 0 Å². The van der Waals surface area contributed by atoms with Gasteiger partial charge in [-0.05, 0) is 25.8 Å². The zero-order valence-corrected chi connectivity index (χ0v) is 13.3. The zero-order valence-electron chi connectivity index (χ0n) is 13.3. The molecule has 0 radical (unpaired) electrons. The molecule has 0 atom stereocenters. The monoisotopic (exact) mass is 315 g/mol. The lowest BCUT2D eigenvalue weighted by Crippen LogP contribution is -2.48. The number of aryl methyl sites for hydroxylation is 1. The molecule has 0 aromatic carbocycles. The van der Waals surface area contributed by atoms with Crippen LogP contribution in [0.5, 0.6) is 0 Å². The molecule has 7 nitrogen and oxygen atoms in total. The van der Waals surface area contributed by atoms with Gasteiger partial charge in [0.2, 0.25) is 0 Å². The van der Waals surface area contributed by atoms with Gasteiger partial charge in [-0.3, -0.25) is 14.8 Å². The van der Waals surface area contributed by atoms with E-state index in [1.165, 1.54) is 12.8 Å². The Balaban J connectivity index is 1.32. The lowest BCUT2D eigenvalue weighted by Gasteiger charge is -2.33.